The summed E-state index contributed by atoms with van der Waals surface area (Å²) in [5.41, 5.74) is 0. The molecule has 0 bridgehead atoms. The monoisotopic (exact) mass is 96.0 g/mol. The average Bonchev–Trinajstić information content (AvgIpc) is 0.811. The zero-order valence-electron chi connectivity index (χ0n) is 3.63. The maximum atomic E-state index is 8.56. The van der Waals surface area contributed by atoms with Gasteiger partial charge in [-0.05, 0) is 0 Å². The molecule has 0 unspecified atom stereocenters. The average molecular weight is 96.0 g/mol. The van der Waals surface area contributed by atoms with E-state index in [1.807, 2.05) is 0 Å². The van der Waals surface area contributed by atoms with E-state index in [-0.39, 0.29) is 25.7 Å². The van der Waals surface area contributed by atoms with E-state index in [0.717, 1.165) is 0 Å². The van der Waals surface area contributed by atoms with Crippen LogP contribution in [-0.2, 0) is 5.48 Å². The van der Waals surface area contributed by atoms with Gasteiger partial charge in [-0.1, -0.05) is 0 Å². The number of carboxylic acid groups (broad SMARTS) is 2. The maximum Gasteiger partial charge on any atom is 2.00 e. The molecule has 0 atom stereocenters. The van der Waals surface area contributed by atoms with E-state index in [4.69, 9.17) is 15.0 Å². The third-order valence-corrected chi connectivity index (χ3v) is 0. The van der Waals surface area contributed by atoms with Crippen molar-refractivity contribution in [3.8, 4) is 0 Å². The van der Waals surface area contributed by atoms with Crippen molar-refractivity contribution >= 4 is 26.4 Å². The molecule has 0 aliphatic carbocycles. The van der Waals surface area contributed by atoms with Crippen molar-refractivity contribution in [2.75, 3.05) is 0 Å². The number of hydrogen-bond acceptors (Lipinski definition) is 1. The van der Waals surface area contributed by atoms with Crippen molar-refractivity contribution in [3.05, 3.63) is 0 Å². The predicted octanol–water partition coefficient (Wildman–Crippen LogP) is -0.658. The van der Waals surface area contributed by atoms with Gasteiger partial charge in [-0.2, -0.15) is 0 Å². The van der Waals surface area contributed by atoms with E-state index >= 15 is 0 Å². The van der Waals surface area contributed by atoms with Crippen LogP contribution in [0, 0.1) is 0 Å². The van der Waals surface area contributed by atoms with Gasteiger partial charge < -0.3 is 15.7 Å². The molecule has 0 radical (unpaired) electrons. The molecule has 0 aromatic heterocycles. The van der Waals surface area contributed by atoms with Gasteiger partial charge >= 0.3 is 26.4 Å². The molecular formula is CH2Be2O4+2. The van der Waals surface area contributed by atoms with Crippen molar-refractivity contribution in [3.63, 3.8) is 0 Å². The van der Waals surface area contributed by atoms with Crippen molar-refractivity contribution in [2.45, 2.75) is 0 Å². The Kier molecular flexibility index (Phi) is 77.7. The quantitative estimate of drug-likeness (QED) is 0.392. The summed E-state index contributed by atoms with van der Waals surface area (Å²) in [4.78, 5) is 8.56. The van der Waals surface area contributed by atoms with E-state index in [9.17, 15) is 0 Å². The van der Waals surface area contributed by atoms with Gasteiger partial charge in [0.1, 0.15) is 0 Å². The third kappa shape index (κ3) is 379. The van der Waals surface area contributed by atoms with Crippen LogP contribution in [0.4, 0.5) is 4.79 Å². The molecule has 0 amide bonds. The standard InChI is InChI=1S/CH2O3.2Be.O/c2-1(3)4;;;/h(H2,2,3,4);;;/q;2*+2;-2. The molecule has 0 saturated heterocycles. The van der Waals surface area contributed by atoms with Crippen LogP contribution < -0.4 is 0 Å². The summed E-state index contributed by atoms with van der Waals surface area (Å²) >= 11 is 0. The van der Waals surface area contributed by atoms with Gasteiger partial charge in [-0.15, -0.1) is 0 Å². The summed E-state index contributed by atoms with van der Waals surface area (Å²) in [7, 11) is 0. The first kappa shape index (κ1) is 30.9. The maximum absolute atomic E-state index is 8.56. The zero-order valence-corrected chi connectivity index (χ0v) is 3.63. The molecule has 6 heteroatoms. The predicted molar refractivity (Wildman–Crippen MR) is 22.8 cm³/mol. The van der Waals surface area contributed by atoms with Gasteiger partial charge in [0, 0.05) is 0 Å². The first-order valence-corrected chi connectivity index (χ1v) is 0.651. The first-order valence-electron chi connectivity index (χ1n) is 0.651. The molecule has 0 spiro atoms. The SMILES string of the molecule is O=C(O)O.[Be+2].[Be+2].[O-2]. The second-order valence-corrected chi connectivity index (χ2v) is 0.283. The van der Waals surface area contributed by atoms with E-state index in [1.165, 1.54) is 0 Å². The Morgan fingerprint density at radius 2 is 1.14 bits per heavy atom. The molecule has 0 aliphatic rings. The van der Waals surface area contributed by atoms with Crippen LogP contribution in [0.15, 0.2) is 0 Å². The molecule has 2 N–H and O–H groups in total. The van der Waals surface area contributed by atoms with E-state index in [1.54, 1.807) is 0 Å². The van der Waals surface area contributed by atoms with Crippen LogP contribution in [0.1, 0.15) is 0 Å². The minimum atomic E-state index is -1.83. The number of rotatable bonds is 0. The fourth-order valence-corrected chi connectivity index (χ4v) is 0. The molecule has 7 heavy (non-hydrogen) atoms. The summed E-state index contributed by atoms with van der Waals surface area (Å²) < 4.78 is 0. The van der Waals surface area contributed by atoms with Crippen LogP contribution in [0.3, 0.4) is 0 Å². The Hall–Kier alpha value is -0.432. The van der Waals surface area contributed by atoms with E-state index < -0.39 is 6.16 Å². The van der Waals surface area contributed by atoms with E-state index in [0.29, 0.717) is 0 Å². The minimum absolute atomic E-state index is 0. The van der Waals surface area contributed by atoms with Gasteiger partial charge in [-0.25, -0.2) is 4.79 Å². The summed E-state index contributed by atoms with van der Waals surface area (Å²) in [5, 5.41) is 13.9. The zero-order chi connectivity index (χ0) is 3.58. The Bertz CT molecular complexity index is 32.7. The molecule has 4 nitrogen and oxygen atoms in total. The first-order chi connectivity index (χ1) is 1.73. The number of hydrogen-bond donors (Lipinski definition) is 2. The fraction of sp³-hybridized carbons (Fsp3) is 0. The topological polar surface area (TPSA) is 86.0 Å². The summed E-state index contributed by atoms with van der Waals surface area (Å²) in [5.74, 6) is 0. The van der Waals surface area contributed by atoms with Crippen LogP contribution in [0.25, 0.3) is 0 Å². The van der Waals surface area contributed by atoms with Crippen LogP contribution >= 0.6 is 0 Å². The molecule has 0 heterocycles. The molecule has 0 aliphatic heterocycles. The molecule has 0 saturated carbocycles. The molecule has 32 valence electrons. The molecular weight excluding hydrogens is 94.0 g/mol. The van der Waals surface area contributed by atoms with Crippen LogP contribution in [0.5, 0.6) is 0 Å². The van der Waals surface area contributed by atoms with Gasteiger partial charge in [0.2, 0.25) is 0 Å². The Morgan fingerprint density at radius 3 is 1.14 bits per heavy atom. The summed E-state index contributed by atoms with van der Waals surface area (Å²) in [6, 6.07) is 0. The van der Waals surface area contributed by atoms with Gasteiger partial charge in [-0.3, -0.25) is 0 Å². The Morgan fingerprint density at radius 1 is 1.14 bits per heavy atom. The smallest absolute Gasteiger partial charge is 2.00 e. The van der Waals surface area contributed by atoms with Crippen molar-refractivity contribution in [1.29, 1.82) is 0 Å². The summed E-state index contributed by atoms with van der Waals surface area (Å²) in [6.07, 6.45) is -1.83. The van der Waals surface area contributed by atoms with Crippen LogP contribution in [-0.4, -0.2) is 36.6 Å². The largest absolute Gasteiger partial charge is 2.00 e. The van der Waals surface area contributed by atoms with E-state index in [2.05, 4.69) is 0 Å². The fourth-order valence-electron chi connectivity index (χ4n) is 0. The van der Waals surface area contributed by atoms with Gasteiger partial charge in [0.05, 0.1) is 0 Å². The molecule has 0 rings (SSSR count). The Balaban J connectivity index is -0.0000000150. The molecule has 0 aromatic carbocycles. The van der Waals surface area contributed by atoms with Crippen molar-refractivity contribution in [1.82, 2.24) is 0 Å². The van der Waals surface area contributed by atoms with Crippen molar-refractivity contribution in [2.24, 2.45) is 0 Å². The second kappa shape index (κ2) is 17.6. The summed E-state index contributed by atoms with van der Waals surface area (Å²) in [6.45, 7) is 0. The Labute approximate surface area is 47.9 Å². The third-order valence-electron chi connectivity index (χ3n) is 0. The normalized spacial score (nSPS) is 3.43. The van der Waals surface area contributed by atoms with Crippen LogP contribution in [0.2, 0.25) is 0 Å². The van der Waals surface area contributed by atoms with Gasteiger partial charge in [0.15, 0.2) is 0 Å². The number of carbonyl (C=O) groups is 1. The minimum Gasteiger partial charge on any atom is -2.00 e. The molecule has 0 aromatic rings. The van der Waals surface area contributed by atoms with Crippen molar-refractivity contribution < 1.29 is 20.5 Å². The molecule has 0 fully saturated rings. The second-order valence-electron chi connectivity index (χ2n) is 0.283. The van der Waals surface area contributed by atoms with Gasteiger partial charge in [0.25, 0.3) is 0 Å².